The number of anilines is 2. The predicted molar refractivity (Wildman–Crippen MR) is 89.5 cm³/mol. The SMILES string of the molecule is CCN(CC)c1ccc(NC(=O)c2ccc(C)nn2)c(C)c1. The van der Waals surface area contributed by atoms with Crippen molar-refractivity contribution < 1.29 is 4.79 Å². The van der Waals surface area contributed by atoms with Crippen molar-refractivity contribution in [2.24, 2.45) is 0 Å². The molecule has 0 fully saturated rings. The number of carbonyl (C=O) groups excluding carboxylic acids is 1. The molecule has 5 nitrogen and oxygen atoms in total. The number of amides is 1. The summed E-state index contributed by atoms with van der Waals surface area (Å²) >= 11 is 0. The van der Waals surface area contributed by atoms with E-state index in [0.717, 1.165) is 35.7 Å². The highest BCUT2D eigenvalue weighted by Crippen LogP contribution is 2.23. The molecule has 1 aromatic carbocycles. The lowest BCUT2D eigenvalue weighted by Crippen LogP contribution is -2.22. The van der Waals surface area contributed by atoms with Crippen molar-refractivity contribution in [1.82, 2.24) is 10.2 Å². The van der Waals surface area contributed by atoms with Crippen LogP contribution in [0, 0.1) is 13.8 Å². The second-order valence-electron chi connectivity index (χ2n) is 5.19. The third kappa shape index (κ3) is 3.61. The zero-order valence-corrected chi connectivity index (χ0v) is 13.6. The molecule has 1 N–H and O–H groups in total. The first-order valence-electron chi connectivity index (χ1n) is 7.52. The maximum absolute atomic E-state index is 12.2. The van der Waals surface area contributed by atoms with Crippen molar-refractivity contribution in [3.05, 3.63) is 47.3 Å². The number of hydrogen-bond acceptors (Lipinski definition) is 4. The van der Waals surface area contributed by atoms with Gasteiger partial charge in [0, 0.05) is 24.5 Å². The number of nitrogens with zero attached hydrogens (tertiary/aromatic N) is 3. The number of aryl methyl sites for hydroxylation is 2. The first-order valence-corrected chi connectivity index (χ1v) is 7.52. The molecule has 5 heteroatoms. The Morgan fingerprint density at radius 3 is 2.36 bits per heavy atom. The predicted octanol–water partition coefficient (Wildman–Crippen LogP) is 3.19. The summed E-state index contributed by atoms with van der Waals surface area (Å²) in [7, 11) is 0. The van der Waals surface area contributed by atoms with Gasteiger partial charge in [0.25, 0.3) is 5.91 Å². The van der Waals surface area contributed by atoms with Crippen molar-refractivity contribution >= 4 is 17.3 Å². The maximum Gasteiger partial charge on any atom is 0.276 e. The minimum atomic E-state index is -0.244. The number of aromatic nitrogens is 2. The molecule has 0 saturated carbocycles. The standard InChI is InChI=1S/C17H22N4O/c1-5-21(6-2)14-8-10-15(12(3)11-14)18-17(22)16-9-7-13(4)19-20-16/h7-11H,5-6H2,1-4H3,(H,18,22). The zero-order valence-electron chi connectivity index (χ0n) is 13.6. The molecule has 0 bridgehead atoms. The third-order valence-corrected chi connectivity index (χ3v) is 3.62. The first-order chi connectivity index (χ1) is 10.5. The Morgan fingerprint density at radius 1 is 1.09 bits per heavy atom. The van der Waals surface area contributed by atoms with E-state index in [1.165, 1.54) is 0 Å². The van der Waals surface area contributed by atoms with Crippen LogP contribution in [0.3, 0.4) is 0 Å². The van der Waals surface area contributed by atoms with Crippen LogP contribution in [0.4, 0.5) is 11.4 Å². The summed E-state index contributed by atoms with van der Waals surface area (Å²) < 4.78 is 0. The van der Waals surface area contributed by atoms with Crippen LogP contribution in [0.5, 0.6) is 0 Å². The van der Waals surface area contributed by atoms with E-state index < -0.39 is 0 Å². The summed E-state index contributed by atoms with van der Waals surface area (Å²) in [6.45, 7) is 10.0. The number of hydrogen-bond donors (Lipinski definition) is 1. The highest BCUT2D eigenvalue weighted by Gasteiger charge is 2.11. The molecule has 0 unspecified atom stereocenters. The van der Waals surface area contributed by atoms with E-state index in [2.05, 4.69) is 40.3 Å². The first kappa shape index (κ1) is 15.9. The van der Waals surface area contributed by atoms with Gasteiger partial charge in [-0.3, -0.25) is 4.79 Å². The van der Waals surface area contributed by atoms with Crippen LogP contribution in [0.1, 0.15) is 35.6 Å². The second-order valence-corrected chi connectivity index (χ2v) is 5.19. The smallest absolute Gasteiger partial charge is 0.276 e. The van der Waals surface area contributed by atoms with Gasteiger partial charge >= 0.3 is 0 Å². The Hall–Kier alpha value is -2.43. The van der Waals surface area contributed by atoms with E-state index in [1.54, 1.807) is 12.1 Å². The van der Waals surface area contributed by atoms with Crippen LogP contribution in [0.15, 0.2) is 30.3 Å². The van der Waals surface area contributed by atoms with Crippen molar-refractivity contribution in [3.63, 3.8) is 0 Å². The monoisotopic (exact) mass is 298 g/mol. The maximum atomic E-state index is 12.2. The largest absolute Gasteiger partial charge is 0.372 e. The lowest BCUT2D eigenvalue weighted by atomic mass is 10.1. The molecule has 2 rings (SSSR count). The third-order valence-electron chi connectivity index (χ3n) is 3.62. The number of rotatable bonds is 5. The van der Waals surface area contributed by atoms with Gasteiger partial charge in [0.15, 0.2) is 5.69 Å². The number of nitrogens with one attached hydrogen (secondary N) is 1. The molecule has 0 atom stereocenters. The molecular weight excluding hydrogens is 276 g/mol. The van der Waals surface area contributed by atoms with E-state index in [-0.39, 0.29) is 5.91 Å². The molecule has 0 aliphatic heterocycles. The van der Waals surface area contributed by atoms with Crippen LogP contribution in [0.25, 0.3) is 0 Å². The Kier molecular flexibility index (Phi) is 5.09. The fraction of sp³-hybridized carbons (Fsp3) is 0.353. The van der Waals surface area contributed by atoms with E-state index in [4.69, 9.17) is 0 Å². The van der Waals surface area contributed by atoms with Crippen LogP contribution < -0.4 is 10.2 Å². The van der Waals surface area contributed by atoms with Gasteiger partial charge in [-0.05, 0) is 63.6 Å². The summed E-state index contributed by atoms with van der Waals surface area (Å²) in [4.78, 5) is 14.5. The van der Waals surface area contributed by atoms with E-state index in [0.29, 0.717) is 5.69 Å². The molecule has 0 saturated heterocycles. The highest BCUT2D eigenvalue weighted by molar-refractivity contribution is 6.03. The lowest BCUT2D eigenvalue weighted by Gasteiger charge is -2.22. The minimum absolute atomic E-state index is 0.244. The van der Waals surface area contributed by atoms with Gasteiger partial charge in [-0.2, -0.15) is 5.10 Å². The summed E-state index contributed by atoms with van der Waals surface area (Å²) in [6, 6.07) is 9.50. The van der Waals surface area contributed by atoms with Crippen LogP contribution >= 0.6 is 0 Å². The molecular formula is C17H22N4O. The van der Waals surface area contributed by atoms with Crippen molar-refractivity contribution in [1.29, 1.82) is 0 Å². The van der Waals surface area contributed by atoms with E-state index in [9.17, 15) is 4.79 Å². The Balaban J connectivity index is 2.16. The Bertz CT molecular complexity index is 648. The summed E-state index contributed by atoms with van der Waals surface area (Å²) in [5, 5.41) is 10.7. The molecule has 0 aliphatic rings. The summed E-state index contributed by atoms with van der Waals surface area (Å²) in [6.07, 6.45) is 0. The van der Waals surface area contributed by atoms with E-state index >= 15 is 0 Å². The fourth-order valence-corrected chi connectivity index (χ4v) is 2.28. The average molecular weight is 298 g/mol. The normalized spacial score (nSPS) is 10.4. The molecule has 1 heterocycles. The van der Waals surface area contributed by atoms with E-state index in [1.807, 2.05) is 26.0 Å². The van der Waals surface area contributed by atoms with Crippen LogP contribution in [-0.2, 0) is 0 Å². The summed E-state index contributed by atoms with van der Waals surface area (Å²) in [5.74, 6) is -0.244. The van der Waals surface area contributed by atoms with Gasteiger partial charge in [0.1, 0.15) is 0 Å². The van der Waals surface area contributed by atoms with Gasteiger partial charge < -0.3 is 10.2 Å². The molecule has 0 radical (unpaired) electrons. The molecule has 2 aromatic rings. The molecule has 1 amide bonds. The van der Waals surface area contributed by atoms with Gasteiger partial charge in [0.05, 0.1) is 5.69 Å². The topological polar surface area (TPSA) is 58.1 Å². The van der Waals surface area contributed by atoms with Gasteiger partial charge in [-0.15, -0.1) is 5.10 Å². The fourth-order valence-electron chi connectivity index (χ4n) is 2.28. The van der Waals surface area contributed by atoms with Gasteiger partial charge in [-0.25, -0.2) is 0 Å². The molecule has 116 valence electrons. The van der Waals surface area contributed by atoms with Crippen molar-refractivity contribution in [2.45, 2.75) is 27.7 Å². The van der Waals surface area contributed by atoms with Gasteiger partial charge in [0.2, 0.25) is 0 Å². The molecule has 0 aliphatic carbocycles. The van der Waals surface area contributed by atoms with Crippen molar-refractivity contribution in [3.8, 4) is 0 Å². The quantitative estimate of drug-likeness (QED) is 0.921. The highest BCUT2D eigenvalue weighted by atomic mass is 16.1. The van der Waals surface area contributed by atoms with Crippen LogP contribution in [0.2, 0.25) is 0 Å². The molecule has 0 spiro atoms. The average Bonchev–Trinajstić information content (AvgIpc) is 2.51. The number of benzene rings is 1. The second kappa shape index (κ2) is 7.02. The number of carbonyl (C=O) groups is 1. The van der Waals surface area contributed by atoms with Crippen molar-refractivity contribution in [2.75, 3.05) is 23.3 Å². The molecule has 22 heavy (non-hydrogen) atoms. The lowest BCUT2D eigenvalue weighted by molar-refractivity contribution is 0.102. The molecule has 1 aromatic heterocycles. The zero-order chi connectivity index (χ0) is 16.1. The summed E-state index contributed by atoms with van der Waals surface area (Å²) in [5.41, 5.74) is 4.09. The Labute approximate surface area is 131 Å². The van der Waals surface area contributed by atoms with Gasteiger partial charge in [-0.1, -0.05) is 0 Å². The Morgan fingerprint density at radius 2 is 1.82 bits per heavy atom. The minimum Gasteiger partial charge on any atom is -0.372 e. The van der Waals surface area contributed by atoms with Crippen LogP contribution in [-0.4, -0.2) is 29.2 Å².